The zero-order valence-corrected chi connectivity index (χ0v) is 20.8. The molecule has 0 aliphatic carbocycles. The van der Waals surface area contributed by atoms with Crippen molar-refractivity contribution in [1.29, 1.82) is 0 Å². The lowest BCUT2D eigenvalue weighted by Crippen LogP contribution is -2.42. The van der Waals surface area contributed by atoms with Gasteiger partial charge >= 0.3 is 5.97 Å². The Hall–Kier alpha value is -3.77. The third-order valence-corrected chi connectivity index (χ3v) is 5.84. The number of ether oxygens (including phenoxy) is 3. The number of hydrogen-bond acceptors (Lipinski definition) is 8. The molecule has 35 heavy (non-hydrogen) atoms. The average Bonchev–Trinajstić information content (AvgIpc) is 2.85. The van der Waals surface area contributed by atoms with Crippen molar-refractivity contribution in [2.75, 3.05) is 6.61 Å². The van der Waals surface area contributed by atoms with Gasteiger partial charge in [0, 0.05) is 22.2 Å². The first kappa shape index (κ1) is 24.4. The van der Waals surface area contributed by atoms with Gasteiger partial charge in [-0.2, -0.15) is 5.10 Å². The summed E-state index contributed by atoms with van der Waals surface area (Å²) < 4.78 is 17.5. The molecule has 0 saturated carbocycles. The van der Waals surface area contributed by atoms with Crippen LogP contribution in [-0.4, -0.2) is 35.7 Å². The van der Waals surface area contributed by atoms with Crippen LogP contribution in [0.5, 0.6) is 17.2 Å². The average molecular weight is 605 g/mol. The number of hydrazone groups is 1. The second-order valence-corrected chi connectivity index (χ2v) is 8.87. The van der Waals surface area contributed by atoms with Crippen LogP contribution in [0.25, 0.3) is 0 Å². The number of carbonyl (C=O) groups is 2. The lowest BCUT2D eigenvalue weighted by molar-refractivity contribution is -0.385. The summed E-state index contributed by atoms with van der Waals surface area (Å²) in [6.07, 6.45) is 0.186. The predicted octanol–water partition coefficient (Wildman–Crippen LogP) is 4.63. The maximum atomic E-state index is 12.6. The quantitative estimate of drug-likeness (QED) is 0.143. The molecule has 12 heteroatoms. The van der Waals surface area contributed by atoms with Gasteiger partial charge in [-0.05, 0) is 52.3 Å². The van der Waals surface area contributed by atoms with E-state index in [0.717, 1.165) is 10.7 Å². The molecule has 3 aromatic rings. The molecule has 0 saturated heterocycles. The van der Waals surface area contributed by atoms with Crippen LogP contribution in [0.15, 0.2) is 74.7 Å². The topological polar surface area (TPSA) is 129 Å². The molecule has 1 N–H and O–H groups in total. The van der Waals surface area contributed by atoms with Crippen molar-refractivity contribution in [1.82, 2.24) is 5.43 Å². The number of benzene rings is 3. The van der Waals surface area contributed by atoms with Gasteiger partial charge in [0.15, 0.2) is 17.2 Å². The number of hydrogen-bond donors (Lipinski definition) is 1. The molecule has 0 radical (unpaired) electrons. The zero-order valence-electron chi connectivity index (χ0n) is 17.6. The van der Waals surface area contributed by atoms with E-state index in [2.05, 4.69) is 42.4 Å². The van der Waals surface area contributed by atoms with E-state index in [4.69, 9.17) is 14.2 Å². The normalized spacial score (nSPS) is 14.4. The van der Waals surface area contributed by atoms with Crippen LogP contribution in [0, 0.1) is 10.1 Å². The second kappa shape index (κ2) is 10.7. The summed E-state index contributed by atoms with van der Waals surface area (Å²) >= 11 is 6.49. The second-order valence-electron chi connectivity index (χ2n) is 7.10. The van der Waals surface area contributed by atoms with Crippen LogP contribution in [0.1, 0.15) is 15.9 Å². The Kier molecular flexibility index (Phi) is 7.42. The number of nitrogens with one attached hydrogen (secondary N) is 1. The highest BCUT2D eigenvalue weighted by Crippen LogP contribution is 2.34. The molecule has 178 valence electrons. The molecular formula is C23H15Br2N3O7. The smallest absolute Gasteiger partial charge is 0.343 e. The highest BCUT2D eigenvalue weighted by molar-refractivity contribution is 9.10. The summed E-state index contributed by atoms with van der Waals surface area (Å²) in [5.41, 5.74) is 2.40. The minimum absolute atomic E-state index is 0.00676. The maximum absolute atomic E-state index is 12.6. The molecule has 1 amide bonds. The van der Waals surface area contributed by atoms with Crippen LogP contribution >= 0.6 is 31.9 Å². The molecule has 1 aliphatic rings. The van der Waals surface area contributed by atoms with Gasteiger partial charge in [0.25, 0.3) is 11.6 Å². The number of nitrogens with zero attached hydrogens (tertiary/aromatic N) is 2. The van der Waals surface area contributed by atoms with Gasteiger partial charge in [-0.25, -0.2) is 10.2 Å². The number of rotatable bonds is 6. The summed E-state index contributed by atoms with van der Waals surface area (Å²) in [5.74, 6) is -0.329. The Labute approximate surface area is 215 Å². The number of fused-ring (bicyclic) bond motifs is 1. The van der Waals surface area contributed by atoms with Crippen LogP contribution in [0.2, 0.25) is 0 Å². The number of carbonyl (C=O) groups excluding carboxylic acids is 2. The van der Waals surface area contributed by atoms with Gasteiger partial charge < -0.3 is 14.2 Å². The molecule has 1 unspecified atom stereocenters. The fourth-order valence-electron chi connectivity index (χ4n) is 3.03. The van der Waals surface area contributed by atoms with Crippen molar-refractivity contribution in [2.45, 2.75) is 6.10 Å². The van der Waals surface area contributed by atoms with Gasteiger partial charge in [-0.1, -0.05) is 28.1 Å². The SMILES string of the molecule is O=C(Oc1c(Br)cc([N+](=O)[O-])cc1/C=N/NC(=O)C1COc2ccccc2O1)c1ccc(Br)cc1. The van der Waals surface area contributed by atoms with Gasteiger partial charge in [0.1, 0.15) is 6.61 Å². The van der Waals surface area contributed by atoms with Gasteiger partial charge in [0.2, 0.25) is 6.10 Å². The largest absolute Gasteiger partial charge is 0.485 e. The van der Waals surface area contributed by atoms with Gasteiger partial charge in [-0.15, -0.1) is 0 Å². The standard InChI is InChI=1S/C23H15Br2N3O7/c24-15-7-5-13(6-8-15)23(30)35-21-14(9-16(28(31)32)10-17(21)25)11-26-27-22(29)20-12-33-18-3-1-2-4-19(18)34-20/h1-11,20H,12H2,(H,27,29)/b26-11+. The fourth-order valence-corrected chi connectivity index (χ4v) is 3.84. The minimum atomic E-state index is -0.950. The number of nitro benzene ring substituents is 1. The van der Waals surface area contributed by atoms with Crippen molar-refractivity contribution < 1.29 is 28.7 Å². The Morgan fingerprint density at radius 3 is 2.54 bits per heavy atom. The lowest BCUT2D eigenvalue weighted by Gasteiger charge is -2.24. The van der Waals surface area contributed by atoms with E-state index < -0.39 is 22.9 Å². The van der Waals surface area contributed by atoms with E-state index in [1.54, 1.807) is 48.5 Å². The number of halogens is 2. The first-order valence-electron chi connectivity index (χ1n) is 9.99. The van der Waals surface area contributed by atoms with E-state index in [0.29, 0.717) is 11.5 Å². The molecule has 0 fully saturated rings. The first-order chi connectivity index (χ1) is 16.8. The van der Waals surface area contributed by atoms with E-state index in [1.165, 1.54) is 12.1 Å². The van der Waals surface area contributed by atoms with Crippen LogP contribution in [0.3, 0.4) is 0 Å². The molecule has 4 rings (SSSR count). The number of non-ortho nitro benzene ring substituents is 1. The number of para-hydroxylation sites is 2. The van der Waals surface area contributed by atoms with E-state index in [9.17, 15) is 19.7 Å². The van der Waals surface area contributed by atoms with Crippen molar-refractivity contribution in [3.8, 4) is 17.2 Å². The summed E-state index contributed by atoms with van der Waals surface area (Å²) in [5, 5.41) is 15.2. The molecule has 3 aromatic carbocycles. The number of esters is 1. The first-order valence-corrected chi connectivity index (χ1v) is 11.6. The van der Waals surface area contributed by atoms with Crippen molar-refractivity contribution in [3.63, 3.8) is 0 Å². The lowest BCUT2D eigenvalue weighted by atomic mass is 10.2. The molecule has 1 heterocycles. The third kappa shape index (κ3) is 5.84. The van der Waals surface area contributed by atoms with Crippen molar-refractivity contribution >= 4 is 55.6 Å². The van der Waals surface area contributed by atoms with Crippen LogP contribution < -0.4 is 19.6 Å². The molecule has 10 nitrogen and oxygen atoms in total. The fraction of sp³-hybridized carbons (Fsp3) is 0.0870. The summed E-state index contributed by atoms with van der Waals surface area (Å²) in [6, 6.07) is 15.8. The Bertz CT molecular complexity index is 1330. The Morgan fingerprint density at radius 1 is 1.11 bits per heavy atom. The van der Waals surface area contributed by atoms with Gasteiger partial charge in [-0.3, -0.25) is 14.9 Å². The highest BCUT2D eigenvalue weighted by atomic mass is 79.9. The zero-order chi connectivity index (χ0) is 24.9. The Balaban J connectivity index is 1.52. The summed E-state index contributed by atoms with van der Waals surface area (Å²) in [7, 11) is 0. The minimum Gasteiger partial charge on any atom is -0.485 e. The van der Waals surface area contributed by atoms with Crippen LogP contribution in [0.4, 0.5) is 5.69 Å². The van der Waals surface area contributed by atoms with Crippen molar-refractivity contribution in [3.05, 3.63) is 90.9 Å². The molecule has 1 aliphatic heterocycles. The summed E-state index contributed by atoms with van der Waals surface area (Å²) in [4.78, 5) is 35.8. The number of amides is 1. The van der Waals surface area contributed by atoms with Crippen LogP contribution in [-0.2, 0) is 4.79 Å². The Morgan fingerprint density at radius 2 is 1.83 bits per heavy atom. The van der Waals surface area contributed by atoms with E-state index in [-0.39, 0.29) is 33.6 Å². The molecular weight excluding hydrogens is 590 g/mol. The van der Waals surface area contributed by atoms with Crippen molar-refractivity contribution in [2.24, 2.45) is 5.10 Å². The number of nitro groups is 1. The van der Waals surface area contributed by atoms with E-state index >= 15 is 0 Å². The molecule has 0 aromatic heterocycles. The molecule has 0 spiro atoms. The highest BCUT2D eigenvalue weighted by Gasteiger charge is 2.27. The van der Waals surface area contributed by atoms with Gasteiger partial charge in [0.05, 0.1) is 21.2 Å². The summed E-state index contributed by atoms with van der Waals surface area (Å²) in [6.45, 7) is -0.0171. The monoisotopic (exact) mass is 603 g/mol. The molecule has 1 atom stereocenters. The third-order valence-electron chi connectivity index (χ3n) is 4.72. The maximum Gasteiger partial charge on any atom is 0.343 e. The predicted molar refractivity (Wildman–Crippen MR) is 132 cm³/mol. The van der Waals surface area contributed by atoms with E-state index in [1.807, 2.05) is 0 Å². The molecule has 0 bridgehead atoms.